The topological polar surface area (TPSA) is 95.7 Å². The average Bonchev–Trinajstić information content (AvgIpc) is 2.55. The second-order valence-electron chi connectivity index (χ2n) is 4.83. The van der Waals surface area contributed by atoms with E-state index in [0.717, 1.165) is 37.3 Å². The molecular weight excluding hydrogens is 340 g/mol. The van der Waals surface area contributed by atoms with E-state index in [2.05, 4.69) is 0 Å². The molecule has 0 heterocycles. The van der Waals surface area contributed by atoms with Crippen molar-refractivity contribution in [2.24, 2.45) is 0 Å². The van der Waals surface area contributed by atoms with Crippen LogP contribution < -0.4 is 4.74 Å². The first-order chi connectivity index (χ1) is 11.8. The minimum Gasteiger partial charge on any atom is -0.446 e. The highest BCUT2D eigenvalue weighted by atomic mass is 19.1. The summed E-state index contributed by atoms with van der Waals surface area (Å²) in [5.74, 6) is -3.62. The van der Waals surface area contributed by atoms with E-state index < -0.39 is 40.3 Å². The van der Waals surface area contributed by atoms with Crippen LogP contribution in [0.2, 0.25) is 0 Å². The van der Waals surface area contributed by atoms with Gasteiger partial charge >= 0.3 is 17.6 Å². The molecule has 2 aromatic carbocycles. The van der Waals surface area contributed by atoms with Gasteiger partial charge in [0.15, 0.2) is 0 Å². The number of ether oxygens (including phenoxy) is 2. The Morgan fingerprint density at radius 1 is 1.12 bits per heavy atom. The minimum atomic E-state index is -1.65. The molecule has 9 heteroatoms. The number of nitrogens with zero attached hydrogens (tertiary/aromatic N) is 1. The molecule has 2 rings (SSSR count). The van der Waals surface area contributed by atoms with Gasteiger partial charge in [-0.3, -0.25) is 14.9 Å². The molecule has 25 heavy (non-hydrogen) atoms. The molecule has 2 aromatic rings. The van der Waals surface area contributed by atoms with Crippen LogP contribution in [0.1, 0.15) is 18.6 Å². The van der Waals surface area contributed by atoms with Crippen molar-refractivity contribution in [3.05, 3.63) is 69.8 Å². The largest absolute Gasteiger partial charge is 0.446 e. The number of nitro benzene ring substituents is 1. The van der Waals surface area contributed by atoms with E-state index in [4.69, 9.17) is 9.47 Å². The lowest BCUT2D eigenvalue weighted by Crippen LogP contribution is -2.23. The summed E-state index contributed by atoms with van der Waals surface area (Å²) >= 11 is 0. The highest BCUT2D eigenvalue weighted by Gasteiger charge is 2.29. The third kappa shape index (κ3) is 4.56. The molecule has 0 fully saturated rings. The molecule has 0 aromatic heterocycles. The summed E-state index contributed by atoms with van der Waals surface area (Å²) in [6, 6.07) is 7.04. The van der Waals surface area contributed by atoms with Crippen molar-refractivity contribution in [1.82, 2.24) is 0 Å². The van der Waals surface area contributed by atoms with E-state index in [1.165, 1.54) is 12.1 Å². The fourth-order valence-corrected chi connectivity index (χ4v) is 1.92. The van der Waals surface area contributed by atoms with Gasteiger partial charge in [0.05, 0.1) is 4.92 Å². The molecule has 0 spiro atoms. The Labute approximate surface area is 139 Å². The van der Waals surface area contributed by atoms with E-state index in [1.807, 2.05) is 0 Å². The first kappa shape index (κ1) is 18.0. The minimum absolute atomic E-state index is 0.0276. The van der Waals surface area contributed by atoms with E-state index in [9.17, 15) is 28.5 Å². The van der Waals surface area contributed by atoms with Crippen LogP contribution in [0.15, 0.2) is 42.5 Å². The Bertz CT molecular complexity index is 822. The summed E-state index contributed by atoms with van der Waals surface area (Å²) in [4.78, 5) is 33.3. The van der Waals surface area contributed by atoms with Crippen molar-refractivity contribution in [3.63, 3.8) is 0 Å². The lowest BCUT2D eigenvalue weighted by Gasteiger charge is -2.16. The molecule has 7 nitrogen and oxygen atoms in total. The number of rotatable bonds is 5. The van der Waals surface area contributed by atoms with Crippen LogP contribution in [0, 0.1) is 21.7 Å². The molecule has 0 bridgehead atoms. The number of carbonyl (C=O) groups excluding carboxylic acids is 2. The molecule has 1 unspecified atom stereocenters. The van der Waals surface area contributed by atoms with Gasteiger partial charge in [-0.25, -0.2) is 9.18 Å². The monoisotopic (exact) mass is 351 g/mol. The van der Waals surface area contributed by atoms with Gasteiger partial charge in [0.2, 0.25) is 11.9 Å². The molecule has 0 aliphatic rings. The van der Waals surface area contributed by atoms with Crippen LogP contribution in [0.25, 0.3) is 0 Å². The SMILES string of the molecule is CC(=O)OC(C(=O)Oc1ccc(F)cc1)c1ccc(F)c([N+](=O)[O-])c1. The fourth-order valence-electron chi connectivity index (χ4n) is 1.92. The van der Waals surface area contributed by atoms with Crippen molar-refractivity contribution in [3.8, 4) is 5.75 Å². The highest BCUT2D eigenvalue weighted by Crippen LogP contribution is 2.27. The van der Waals surface area contributed by atoms with Crippen molar-refractivity contribution in [2.75, 3.05) is 0 Å². The van der Waals surface area contributed by atoms with Crippen LogP contribution in [0.5, 0.6) is 5.75 Å². The molecule has 0 N–H and O–H groups in total. The van der Waals surface area contributed by atoms with Crippen molar-refractivity contribution >= 4 is 17.6 Å². The van der Waals surface area contributed by atoms with Gasteiger partial charge in [-0.2, -0.15) is 4.39 Å². The Kier molecular flexibility index (Phi) is 5.38. The Balaban J connectivity index is 2.33. The van der Waals surface area contributed by atoms with Gasteiger partial charge in [-0.05, 0) is 30.3 Å². The summed E-state index contributed by atoms with van der Waals surface area (Å²) in [5, 5.41) is 10.8. The van der Waals surface area contributed by atoms with Gasteiger partial charge in [0.25, 0.3) is 0 Å². The van der Waals surface area contributed by atoms with Gasteiger partial charge < -0.3 is 9.47 Å². The summed E-state index contributed by atoms with van der Waals surface area (Å²) in [7, 11) is 0. The third-order valence-corrected chi connectivity index (χ3v) is 3.00. The van der Waals surface area contributed by atoms with Crippen LogP contribution in [-0.2, 0) is 14.3 Å². The lowest BCUT2D eigenvalue weighted by molar-refractivity contribution is -0.387. The molecule has 1 atom stereocenters. The van der Waals surface area contributed by atoms with Crippen LogP contribution in [0.4, 0.5) is 14.5 Å². The highest BCUT2D eigenvalue weighted by molar-refractivity contribution is 5.82. The molecular formula is C16H11F2NO6. The Morgan fingerprint density at radius 2 is 1.76 bits per heavy atom. The summed E-state index contributed by atoms with van der Waals surface area (Å²) < 4.78 is 36.1. The number of esters is 2. The number of hydrogen-bond donors (Lipinski definition) is 0. The van der Waals surface area contributed by atoms with Crippen molar-refractivity contribution < 1.29 is 32.8 Å². The fraction of sp³-hybridized carbons (Fsp3) is 0.125. The van der Waals surface area contributed by atoms with Crippen LogP contribution in [0.3, 0.4) is 0 Å². The average molecular weight is 351 g/mol. The number of halogens is 2. The van der Waals surface area contributed by atoms with Crippen molar-refractivity contribution in [2.45, 2.75) is 13.0 Å². The van der Waals surface area contributed by atoms with E-state index >= 15 is 0 Å². The first-order valence-electron chi connectivity index (χ1n) is 6.86. The number of hydrogen-bond acceptors (Lipinski definition) is 6. The quantitative estimate of drug-likeness (QED) is 0.355. The maximum atomic E-state index is 13.4. The maximum absolute atomic E-state index is 13.4. The van der Waals surface area contributed by atoms with E-state index in [0.29, 0.717) is 0 Å². The van der Waals surface area contributed by atoms with Gasteiger partial charge in [-0.15, -0.1) is 0 Å². The number of benzene rings is 2. The zero-order chi connectivity index (χ0) is 18.6. The molecule has 0 aliphatic heterocycles. The summed E-state index contributed by atoms with van der Waals surface area (Å²) in [6.07, 6.45) is -1.65. The zero-order valence-electron chi connectivity index (χ0n) is 12.8. The lowest BCUT2D eigenvalue weighted by atomic mass is 10.1. The van der Waals surface area contributed by atoms with Crippen molar-refractivity contribution in [1.29, 1.82) is 0 Å². The standard InChI is InChI=1S/C16H11F2NO6/c1-9(20)24-15(10-2-7-13(18)14(8-10)19(22)23)16(21)25-12-5-3-11(17)4-6-12/h2-8,15H,1H3. The van der Waals surface area contributed by atoms with E-state index in [-0.39, 0.29) is 11.3 Å². The molecule has 0 amide bonds. The van der Waals surface area contributed by atoms with Crippen LogP contribution in [-0.4, -0.2) is 16.9 Å². The molecule has 130 valence electrons. The molecule has 0 aliphatic carbocycles. The van der Waals surface area contributed by atoms with Gasteiger partial charge in [-0.1, -0.05) is 6.07 Å². The Hall–Kier alpha value is -3.36. The predicted molar refractivity (Wildman–Crippen MR) is 79.6 cm³/mol. The van der Waals surface area contributed by atoms with Gasteiger partial charge in [0, 0.05) is 18.6 Å². The predicted octanol–water partition coefficient (Wildman–Crippen LogP) is 3.08. The Morgan fingerprint density at radius 3 is 2.32 bits per heavy atom. The second kappa shape index (κ2) is 7.47. The van der Waals surface area contributed by atoms with E-state index in [1.54, 1.807) is 0 Å². The normalized spacial score (nSPS) is 11.5. The van der Waals surface area contributed by atoms with Gasteiger partial charge in [0.1, 0.15) is 11.6 Å². The smallest absolute Gasteiger partial charge is 0.357 e. The second-order valence-corrected chi connectivity index (χ2v) is 4.83. The molecule has 0 saturated carbocycles. The molecule has 0 radical (unpaired) electrons. The number of nitro groups is 1. The zero-order valence-corrected chi connectivity index (χ0v) is 12.8. The summed E-state index contributed by atoms with van der Waals surface area (Å²) in [5.41, 5.74) is -1.03. The maximum Gasteiger partial charge on any atom is 0.357 e. The first-order valence-corrected chi connectivity index (χ1v) is 6.86. The number of carbonyl (C=O) groups is 2. The molecule has 0 saturated heterocycles. The third-order valence-electron chi connectivity index (χ3n) is 3.00. The van der Waals surface area contributed by atoms with Crippen LogP contribution >= 0.6 is 0 Å². The summed E-state index contributed by atoms with van der Waals surface area (Å²) in [6.45, 7) is 1.02.